The number of allylic oxidation sites excluding steroid dienone is 2. The Morgan fingerprint density at radius 2 is 1.96 bits per heavy atom. The van der Waals surface area contributed by atoms with Gasteiger partial charge in [-0.25, -0.2) is 0 Å². The topological polar surface area (TPSA) is 44.7 Å². The molecule has 0 fully saturated rings. The van der Waals surface area contributed by atoms with E-state index in [1.807, 2.05) is 13.0 Å². The molecular formula is C21H22F3N3O. The molecule has 1 N–H and O–H groups in total. The average molecular weight is 389 g/mol. The number of benzene rings is 1. The maximum Gasteiger partial charge on any atom is 0.416 e. The van der Waals surface area contributed by atoms with E-state index in [9.17, 15) is 18.0 Å². The molecule has 0 spiro atoms. The van der Waals surface area contributed by atoms with Crippen LogP contribution in [-0.2, 0) is 11.0 Å². The van der Waals surface area contributed by atoms with Gasteiger partial charge in [0.2, 0.25) is 5.91 Å². The van der Waals surface area contributed by atoms with Gasteiger partial charge in [0.1, 0.15) is 0 Å². The smallest absolute Gasteiger partial charge is 0.354 e. The number of nitrogens with one attached hydrogen (secondary N) is 1. The summed E-state index contributed by atoms with van der Waals surface area (Å²) in [5, 5.41) is 3.01. The minimum atomic E-state index is -4.38. The summed E-state index contributed by atoms with van der Waals surface area (Å²) in [4.78, 5) is 17.8. The van der Waals surface area contributed by atoms with Gasteiger partial charge in [0, 0.05) is 25.0 Å². The maximum atomic E-state index is 12.7. The molecule has 0 saturated heterocycles. The van der Waals surface area contributed by atoms with Crippen LogP contribution < -0.4 is 5.32 Å². The van der Waals surface area contributed by atoms with Crippen LogP contribution in [0.25, 0.3) is 0 Å². The van der Waals surface area contributed by atoms with E-state index in [4.69, 9.17) is 0 Å². The lowest BCUT2D eigenvalue weighted by molar-refractivity contribution is -0.137. The molecule has 1 aliphatic rings. The highest BCUT2D eigenvalue weighted by atomic mass is 19.4. The third kappa shape index (κ3) is 5.45. The number of rotatable bonds is 6. The Labute approximate surface area is 162 Å². The fraction of sp³-hybridized carbons (Fsp3) is 0.238. The summed E-state index contributed by atoms with van der Waals surface area (Å²) < 4.78 is 38.1. The summed E-state index contributed by atoms with van der Waals surface area (Å²) in [6.45, 7) is 10.3. The van der Waals surface area contributed by atoms with Crippen molar-refractivity contribution in [2.24, 2.45) is 4.99 Å². The Morgan fingerprint density at radius 3 is 2.46 bits per heavy atom. The highest BCUT2D eigenvalue weighted by molar-refractivity contribution is 6.14. The van der Waals surface area contributed by atoms with Crippen molar-refractivity contribution in [3.63, 3.8) is 0 Å². The molecule has 0 saturated carbocycles. The molecule has 4 nitrogen and oxygen atoms in total. The second-order valence-corrected chi connectivity index (χ2v) is 6.11. The van der Waals surface area contributed by atoms with E-state index in [0.29, 0.717) is 36.6 Å². The van der Waals surface area contributed by atoms with Crippen LogP contribution in [0.2, 0.25) is 0 Å². The fourth-order valence-electron chi connectivity index (χ4n) is 2.69. The molecule has 0 bridgehead atoms. The Balaban J connectivity index is 2.17. The number of amides is 1. The molecule has 1 amide bonds. The minimum absolute atomic E-state index is 0.135. The largest absolute Gasteiger partial charge is 0.416 e. The monoisotopic (exact) mass is 389 g/mol. The van der Waals surface area contributed by atoms with Gasteiger partial charge < -0.3 is 10.2 Å². The highest BCUT2D eigenvalue weighted by Crippen LogP contribution is 2.30. The molecule has 0 aliphatic carbocycles. The zero-order valence-corrected chi connectivity index (χ0v) is 15.6. The van der Waals surface area contributed by atoms with Gasteiger partial charge in [0.15, 0.2) is 0 Å². The number of hydrogen-bond acceptors (Lipinski definition) is 3. The number of carbonyl (C=O) groups excluding carboxylic acids is 1. The number of aliphatic imine (C=N–C) groups is 1. The molecule has 0 aromatic heterocycles. The average Bonchev–Trinajstić information content (AvgIpc) is 2.68. The summed E-state index contributed by atoms with van der Waals surface area (Å²) in [5.41, 5.74) is 1.74. The zero-order valence-electron chi connectivity index (χ0n) is 15.6. The minimum Gasteiger partial charge on any atom is -0.354 e. The van der Waals surface area contributed by atoms with Crippen LogP contribution in [0.5, 0.6) is 0 Å². The van der Waals surface area contributed by atoms with E-state index in [1.54, 1.807) is 17.2 Å². The molecule has 1 aromatic rings. The number of carbonyl (C=O) groups is 1. The van der Waals surface area contributed by atoms with Crippen LogP contribution in [0.15, 0.2) is 78.1 Å². The predicted octanol–water partition coefficient (Wildman–Crippen LogP) is 4.95. The number of halogens is 3. The molecule has 1 aliphatic heterocycles. The van der Waals surface area contributed by atoms with Crippen molar-refractivity contribution in [3.8, 4) is 0 Å². The second kappa shape index (κ2) is 9.21. The SMILES string of the molecule is C=CC(=O)N1CC=C(/C(=N/C=C\C)C(=C)Nc2ccc(C(F)(F)F)cc2)CC1. The first-order valence-electron chi connectivity index (χ1n) is 8.69. The first-order chi connectivity index (χ1) is 13.3. The van der Waals surface area contributed by atoms with Gasteiger partial charge in [-0.05, 0) is 49.3 Å². The van der Waals surface area contributed by atoms with Crippen molar-refractivity contribution < 1.29 is 18.0 Å². The van der Waals surface area contributed by atoms with Crippen molar-refractivity contribution in [1.82, 2.24) is 4.90 Å². The standard InChI is InChI=1S/C21H22F3N3O/c1-4-12-25-20(16-10-13-27(14-11-16)19(28)5-2)15(3)26-18-8-6-17(7-9-18)21(22,23)24/h4-10,12,26H,2-3,11,13-14H2,1H3/b12-4-,25-20+. The van der Waals surface area contributed by atoms with E-state index < -0.39 is 11.7 Å². The summed E-state index contributed by atoms with van der Waals surface area (Å²) in [7, 11) is 0. The van der Waals surface area contributed by atoms with Gasteiger partial charge in [-0.3, -0.25) is 9.79 Å². The predicted molar refractivity (Wildman–Crippen MR) is 106 cm³/mol. The third-order valence-electron chi connectivity index (χ3n) is 4.15. The van der Waals surface area contributed by atoms with Crippen LogP contribution in [0, 0.1) is 0 Å². The van der Waals surface area contributed by atoms with Crippen molar-refractivity contribution in [1.29, 1.82) is 0 Å². The van der Waals surface area contributed by atoms with E-state index in [-0.39, 0.29) is 5.91 Å². The molecule has 7 heteroatoms. The number of alkyl halides is 3. The molecular weight excluding hydrogens is 367 g/mol. The van der Waals surface area contributed by atoms with Crippen molar-refractivity contribution >= 4 is 17.3 Å². The van der Waals surface area contributed by atoms with Gasteiger partial charge >= 0.3 is 6.18 Å². The lowest BCUT2D eigenvalue weighted by atomic mass is 10.0. The first kappa shape index (κ1) is 21.2. The van der Waals surface area contributed by atoms with E-state index in [0.717, 1.165) is 17.7 Å². The Kier molecular flexibility index (Phi) is 6.98. The molecule has 28 heavy (non-hydrogen) atoms. The summed E-state index contributed by atoms with van der Waals surface area (Å²) in [6, 6.07) is 4.72. The maximum absolute atomic E-state index is 12.7. The quantitative estimate of drug-likeness (QED) is 0.553. The molecule has 0 radical (unpaired) electrons. The Hall–Kier alpha value is -3.09. The van der Waals surface area contributed by atoms with Crippen molar-refractivity contribution in [2.45, 2.75) is 19.5 Å². The number of anilines is 1. The normalized spacial score (nSPS) is 15.4. The Morgan fingerprint density at radius 1 is 1.29 bits per heavy atom. The second-order valence-electron chi connectivity index (χ2n) is 6.11. The summed E-state index contributed by atoms with van der Waals surface area (Å²) in [5.74, 6) is -0.135. The van der Waals surface area contributed by atoms with Crippen molar-refractivity contribution in [2.75, 3.05) is 18.4 Å². The molecule has 1 heterocycles. The van der Waals surface area contributed by atoms with Gasteiger partial charge in [-0.15, -0.1) is 0 Å². The molecule has 0 unspecified atom stereocenters. The Bertz CT molecular complexity index is 833. The van der Waals surface area contributed by atoms with E-state index in [2.05, 4.69) is 23.5 Å². The fourth-order valence-corrected chi connectivity index (χ4v) is 2.69. The zero-order chi connectivity index (χ0) is 20.7. The third-order valence-corrected chi connectivity index (χ3v) is 4.15. The van der Waals surface area contributed by atoms with Gasteiger partial charge in [0.05, 0.1) is 17.0 Å². The van der Waals surface area contributed by atoms with Crippen LogP contribution in [0.3, 0.4) is 0 Å². The number of hydrogen-bond donors (Lipinski definition) is 1. The summed E-state index contributed by atoms with van der Waals surface area (Å²) >= 11 is 0. The lowest BCUT2D eigenvalue weighted by Gasteiger charge is -2.26. The van der Waals surface area contributed by atoms with Crippen LogP contribution in [0.1, 0.15) is 18.9 Å². The molecule has 2 rings (SSSR count). The lowest BCUT2D eigenvalue weighted by Crippen LogP contribution is -2.34. The van der Waals surface area contributed by atoms with Crippen LogP contribution in [0.4, 0.5) is 18.9 Å². The molecule has 1 aromatic carbocycles. The van der Waals surface area contributed by atoms with Crippen LogP contribution >= 0.6 is 0 Å². The number of nitrogens with zero attached hydrogens (tertiary/aromatic N) is 2. The molecule has 148 valence electrons. The highest BCUT2D eigenvalue weighted by Gasteiger charge is 2.30. The summed E-state index contributed by atoms with van der Waals surface area (Å²) in [6.07, 6.45) is 2.77. The van der Waals surface area contributed by atoms with Crippen molar-refractivity contribution in [3.05, 3.63) is 78.7 Å². The first-order valence-corrected chi connectivity index (χ1v) is 8.69. The molecule has 0 atom stereocenters. The van der Waals surface area contributed by atoms with Gasteiger partial charge in [-0.1, -0.05) is 25.3 Å². The van der Waals surface area contributed by atoms with Gasteiger partial charge in [0.25, 0.3) is 0 Å². The van der Waals surface area contributed by atoms with Crippen LogP contribution in [-0.4, -0.2) is 29.6 Å². The van der Waals surface area contributed by atoms with E-state index >= 15 is 0 Å². The van der Waals surface area contributed by atoms with E-state index in [1.165, 1.54) is 18.2 Å². The van der Waals surface area contributed by atoms with Gasteiger partial charge in [-0.2, -0.15) is 13.2 Å².